The van der Waals surface area contributed by atoms with Crippen LogP contribution in [0.4, 0.5) is 0 Å². The second-order valence-electron chi connectivity index (χ2n) is 8.59. The SMILES string of the molecule is COc1c[c-]c(-n2[c-][n+](C)cc2)c(OC)c1.COc1c[c-]c(-n2[c-][n+](C)cc2)c(OC)c1.[Ir].c1ccc(-c2nnn[n-]2)nc1. The van der Waals surface area contributed by atoms with Crippen LogP contribution in [-0.4, -0.2) is 58.1 Å². The smallest absolute Gasteiger partial charge is 0.241 e. The van der Waals surface area contributed by atoms with Gasteiger partial charge in [0.05, 0.1) is 54.1 Å². The number of benzene rings is 2. The fourth-order valence-electron chi connectivity index (χ4n) is 3.62. The van der Waals surface area contributed by atoms with Gasteiger partial charge >= 0.3 is 0 Å². The monoisotopic (exact) mass is 773 g/mol. The Morgan fingerprint density at radius 2 is 1.32 bits per heavy atom. The van der Waals surface area contributed by atoms with Crippen molar-refractivity contribution in [3.05, 3.63) is 98.2 Å². The van der Waals surface area contributed by atoms with E-state index in [1.807, 2.05) is 81.4 Å². The number of hydrogen-bond acceptors (Lipinski definition) is 8. The third-order valence-corrected chi connectivity index (χ3v) is 5.73. The number of imidazole rings is 2. The zero-order chi connectivity index (χ0) is 30.6. The summed E-state index contributed by atoms with van der Waals surface area (Å²) in [5.74, 6) is 3.30. The van der Waals surface area contributed by atoms with E-state index in [9.17, 15) is 0 Å². The second kappa shape index (κ2) is 16.5. The van der Waals surface area contributed by atoms with Crippen molar-refractivity contribution < 1.29 is 48.2 Å². The summed E-state index contributed by atoms with van der Waals surface area (Å²) in [6.07, 6.45) is 15.4. The van der Waals surface area contributed by atoms with Crippen LogP contribution in [0.15, 0.2) is 73.4 Å². The van der Waals surface area contributed by atoms with Gasteiger partial charge in [0, 0.05) is 74.1 Å². The Hall–Kier alpha value is -5.07. The third-order valence-electron chi connectivity index (χ3n) is 5.73. The fourth-order valence-corrected chi connectivity index (χ4v) is 3.62. The van der Waals surface area contributed by atoms with Crippen LogP contribution in [0.3, 0.4) is 0 Å². The first-order valence-electron chi connectivity index (χ1n) is 12.8. The van der Waals surface area contributed by atoms with Gasteiger partial charge in [-0.05, 0) is 23.5 Å². The predicted molar refractivity (Wildman–Crippen MR) is 152 cm³/mol. The molecule has 2 aromatic carbocycles. The van der Waals surface area contributed by atoms with E-state index in [1.54, 1.807) is 52.8 Å². The van der Waals surface area contributed by atoms with Gasteiger partial charge in [0.25, 0.3) is 0 Å². The Labute approximate surface area is 269 Å². The summed E-state index contributed by atoms with van der Waals surface area (Å²) in [5, 5.41) is 14.0. The van der Waals surface area contributed by atoms with E-state index in [2.05, 4.69) is 50.4 Å². The van der Waals surface area contributed by atoms with Crippen LogP contribution in [0.1, 0.15) is 0 Å². The Kier molecular flexibility index (Phi) is 12.6. The minimum absolute atomic E-state index is 0. The van der Waals surface area contributed by atoms with Crippen LogP contribution >= 0.6 is 0 Å². The van der Waals surface area contributed by atoms with E-state index >= 15 is 0 Å². The molecule has 0 aliphatic carbocycles. The summed E-state index contributed by atoms with van der Waals surface area (Å²) in [7, 11) is 10.3. The Balaban J connectivity index is 0.000000181. The summed E-state index contributed by atoms with van der Waals surface area (Å²) in [6, 6.07) is 18.9. The largest absolute Gasteiger partial charge is 0.560 e. The minimum Gasteiger partial charge on any atom is -0.560 e. The van der Waals surface area contributed by atoms with Crippen LogP contribution in [0.25, 0.3) is 22.9 Å². The molecule has 231 valence electrons. The maximum atomic E-state index is 5.29. The molecule has 0 saturated heterocycles. The average molecular weight is 773 g/mol. The van der Waals surface area contributed by atoms with Crippen LogP contribution in [0.2, 0.25) is 0 Å². The molecule has 0 fully saturated rings. The van der Waals surface area contributed by atoms with Crippen molar-refractivity contribution >= 4 is 0 Å². The summed E-state index contributed by atoms with van der Waals surface area (Å²) >= 11 is 0. The van der Waals surface area contributed by atoms with Gasteiger partial charge in [0.1, 0.15) is 0 Å². The quantitative estimate of drug-likeness (QED) is 0.177. The number of hydrogen-bond donors (Lipinski definition) is 0. The van der Waals surface area contributed by atoms with Crippen molar-refractivity contribution in [2.24, 2.45) is 14.1 Å². The number of pyridine rings is 1. The predicted octanol–water partition coefficient (Wildman–Crippen LogP) is 1.73. The standard InChI is InChI=1S/2C12H13N2O2.C6H4N5.Ir/c2*1-13-6-7-14(9-13)11-5-4-10(15-2)8-12(11)16-3;1-2-4-7-5(3-1)6-8-10-11-9-6;/h2*4,6-8H,1-3H3;1-4H;/q3*-1;. The molecule has 0 bridgehead atoms. The summed E-state index contributed by atoms with van der Waals surface area (Å²) in [6.45, 7) is 0. The van der Waals surface area contributed by atoms with E-state index in [-0.39, 0.29) is 20.1 Å². The van der Waals surface area contributed by atoms with Crippen molar-refractivity contribution in [2.45, 2.75) is 0 Å². The van der Waals surface area contributed by atoms with Crippen LogP contribution < -0.4 is 33.2 Å². The average Bonchev–Trinajstić information content (AvgIpc) is 3.84. The Morgan fingerprint density at radius 3 is 1.68 bits per heavy atom. The molecule has 4 aromatic heterocycles. The molecular formula is C30H30IrN9O4-3. The molecule has 13 nitrogen and oxygen atoms in total. The number of aromatic nitrogens is 9. The number of ether oxygens (including phenoxy) is 4. The van der Waals surface area contributed by atoms with Gasteiger partial charge in [-0.2, -0.15) is 17.3 Å². The van der Waals surface area contributed by atoms with E-state index in [1.165, 1.54) is 0 Å². The van der Waals surface area contributed by atoms with E-state index in [0.717, 1.165) is 22.9 Å². The van der Waals surface area contributed by atoms with Gasteiger partial charge in [-0.15, -0.1) is 12.1 Å². The first-order chi connectivity index (χ1) is 20.9. The molecule has 0 amide bonds. The number of nitrogens with zero attached hydrogens (tertiary/aromatic N) is 9. The summed E-state index contributed by atoms with van der Waals surface area (Å²) in [4.78, 5) is 4.02. The van der Waals surface area contributed by atoms with Crippen LogP contribution in [0.5, 0.6) is 23.0 Å². The van der Waals surface area contributed by atoms with Crippen molar-refractivity contribution in [1.82, 2.24) is 34.7 Å². The van der Waals surface area contributed by atoms with Crippen molar-refractivity contribution in [3.63, 3.8) is 0 Å². The van der Waals surface area contributed by atoms with Gasteiger partial charge in [-0.1, -0.05) is 18.2 Å². The molecule has 1 radical (unpaired) electrons. The van der Waals surface area contributed by atoms with Crippen molar-refractivity contribution in [1.29, 1.82) is 0 Å². The van der Waals surface area contributed by atoms with Crippen LogP contribution in [-0.2, 0) is 34.2 Å². The van der Waals surface area contributed by atoms with Gasteiger partial charge < -0.3 is 42.3 Å². The zero-order valence-electron chi connectivity index (χ0n) is 24.9. The normalized spacial score (nSPS) is 9.86. The molecule has 6 rings (SSSR count). The maximum absolute atomic E-state index is 5.29. The fraction of sp³-hybridized carbons (Fsp3) is 0.200. The number of aryl methyl sites for hydroxylation is 2. The molecule has 0 spiro atoms. The van der Waals surface area contributed by atoms with E-state index in [0.29, 0.717) is 23.0 Å². The summed E-state index contributed by atoms with van der Waals surface area (Å²) in [5.41, 5.74) is 2.31. The molecule has 4 heterocycles. The number of rotatable bonds is 7. The molecule has 0 saturated carbocycles. The molecule has 0 atom stereocenters. The molecule has 0 N–H and O–H groups in total. The minimum atomic E-state index is 0. The van der Waals surface area contributed by atoms with E-state index < -0.39 is 0 Å². The molecule has 6 aromatic rings. The van der Waals surface area contributed by atoms with Crippen molar-refractivity contribution in [3.8, 4) is 45.9 Å². The Morgan fingerprint density at radius 1 is 0.773 bits per heavy atom. The molecule has 44 heavy (non-hydrogen) atoms. The molecule has 14 heteroatoms. The van der Waals surface area contributed by atoms with Gasteiger partial charge in [0.15, 0.2) is 0 Å². The van der Waals surface area contributed by atoms with Crippen molar-refractivity contribution in [2.75, 3.05) is 28.4 Å². The molecule has 0 aliphatic heterocycles. The van der Waals surface area contributed by atoms with Gasteiger partial charge in [-0.3, -0.25) is 15.3 Å². The zero-order valence-corrected chi connectivity index (χ0v) is 27.3. The third kappa shape index (κ3) is 8.72. The molecule has 0 aliphatic rings. The summed E-state index contributed by atoms with van der Waals surface area (Å²) < 4.78 is 28.1. The van der Waals surface area contributed by atoms with Gasteiger partial charge in [0.2, 0.25) is 12.7 Å². The van der Waals surface area contributed by atoms with Crippen LogP contribution in [0, 0.1) is 24.8 Å². The second-order valence-corrected chi connectivity index (χ2v) is 8.59. The van der Waals surface area contributed by atoms with Gasteiger partial charge in [-0.25, -0.2) is 0 Å². The molecule has 0 unspecified atom stereocenters. The number of methoxy groups -OCH3 is 4. The Bertz CT molecular complexity index is 1620. The topological polar surface area (TPSA) is 120 Å². The first kappa shape index (κ1) is 33.4. The number of tetrazole rings is 1. The molecular weight excluding hydrogens is 743 g/mol. The maximum Gasteiger partial charge on any atom is 0.241 e. The van der Waals surface area contributed by atoms with E-state index in [4.69, 9.17) is 18.9 Å². The first-order valence-corrected chi connectivity index (χ1v) is 12.8.